The third-order valence-corrected chi connectivity index (χ3v) is 7.00. The van der Waals surface area contributed by atoms with E-state index in [0.29, 0.717) is 36.0 Å². The molecule has 166 valence electrons. The molecule has 6 rings (SSSR count). The largest absolute Gasteiger partial charge is 0.507 e. The zero-order valence-electron chi connectivity index (χ0n) is 18.0. The summed E-state index contributed by atoms with van der Waals surface area (Å²) < 4.78 is 7.94. The molecule has 0 radical (unpaired) electrons. The second-order valence-electron chi connectivity index (χ2n) is 9.10. The molecule has 3 aliphatic heterocycles. The molecule has 3 aliphatic rings. The highest BCUT2D eigenvalue weighted by atomic mass is 16.5. The lowest BCUT2D eigenvalue weighted by Crippen LogP contribution is -2.55. The van der Waals surface area contributed by atoms with Crippen LogP contribution in [0.15, 0.2) is 43.0 Å². The van der Waals surface area contributed by atoms with Gasteiger partial charge in [0.15, 0.2) is 11.6 Å². The fraction of sp³-hybridized carbons (Fsp3) is 0.458. The SMILES string of the molecule is Oc1cc(-n2ccnc2)ccc1-c1cc2c(nn1)N(C1C[C@H]3CCC[C@@H](C1)N3)CCCO2. The number of benzene rings is 1. The van der Waals surface area contributed by atoms with Gasteiger partial charge in [-0.3, -0.25) is 0 Å². The van der Waals surface area contributed by atoms with Crippen molar-refractivity contribution in [3.8, 4) is 28.4 Å². The average Bonchev–Trinajstić information content (AvgIpc) is 3.26. The van der Waals surface area contributed by atoms with Gasteiger partial charge in [0, 0.05) is 54.8 Å². The Morgan fingerprint density at radius 3 is 2.72 bits per heavy atom. The summed E-state index contributed by atoms with van der Waals surface area (Å²) in [5.74, 6) is 1.75. The van der Waals surface area contributed by atoms with Crippen LogP contribution in [-0.2, 0) is 0 Å². The number of hydrogen-bond donors (Lipinski definition) is 2. The Hall–Kier alpha value is -3.13. The molecule has 8 heteroatoms. The first-order chi connectivity index (χ1) is 15.7. The summed E-state index contributed by atoms with van der Waals surface area (Å²) in [6.45, 7) is 1.61. The van der Waals surface area contributed by atoms with E-state index >= 15 is 0 Å². The Kier molecular flexibility index (Phi) is 4.94. The van der Waals surface area contributed by atoms with E-state index in [9.17, 15) is 5.11 Å². The summed E-state index contributed by atoms with van der Waals surface area (Å²) in [7, 11) is 0. The van der Waals surface area contributed by atoms with Crippen LogP contribution in [-0.4, -0.2) is 56.1 Å². The molecule has 0 saturated carbocycles. The molecule has 2 bridgehead atoms. The standard InChI is InChI=1S/C24H28N6O2/c31-22-13-18(29-9-7-25-15-29)5-6-20(22)21-14-23-24(28-27-21)30(8-2-10-32-23)19-11-16-3-1-4-17(12-19)26-16/h5-7,9,13-17,19,26,31H,1-4,8,10-12H2/t16-,17+,19?. The van der Waals surface area contributed by atoms with Crippen LogP contribution in [0.1, 0.15) is 38.5 Å². The Morgan fingerprint density at radius 1 is 1.06 bits per heavy atom. The van der Waals surface area contributed by atoms with Crippen molar-refractivity contribution in [3.63, 3.8) is 0 Å². The number of anilines is 1. The highest BCUT2D eigenvalue weighted by molar-refractivity contribution is 5.71. The molecule has 2 fully saturated rings. The first-order valence-corrected chi connectivity index (χ1v) is 11.6. The van der Waals surface area contributed by atoms with E-state index in [1.165, 1.54) is 19.3 Å². The molecular weight excluding hydrogens is 404 g/mol. The van der Waals surface area contributed by atoms with Crippen LogP contribution in [0.5, 0.6) is 11.5 Å². The number of phenols is 1. The summed E-state index contributed by atoms with van der Waals surface area (Å²) in [4.78, 5) is 6.49. The monoisotopic (exact) mass is 432 g/mol. The molecule has 2 saturated heterocycles. The van der Waals surface area contributed by atoms with Gasteiger partial charge in [0.05, 0.1) is 18.6 Å². The van der Waals surface area contributed by atoms with Gasteiger partial charge in [0.1, 0.15) is 11.4 Å². The smallest absolute Gasteiger partial charge is 0.194 e. The lowest BCUT2D eigenvalue weighted by molar-refractivity contribution is 0.216. The van der Waals surface area contributed by atoms with Crippen LogP contribution >= 0.6 is 0 Å². The summed E-state index contributed by atoms with van der Waals surface area (Å²) in [5.41, 5.74) is 2.09. The predicted octanol–water partition coefficient (Wildman–Crippen LogP) is 3.30. The zero-order chi connectivity index (χ0) is 21.5. The van der Waals surface area contributed by atoms with Crippen LogP contribution in [0.4, 0.5) is 5.82 Å². The van der Waals surface area contributed by atoms with Crippen LogP contribution < -0.4 is 15.0 Å². The van der Waals surface area contributed by atoms with E-state index < -0.39 is 0 Å². The summed E-state index contributed by atoms with van der Waals surface area (Å²) in [6, 6.07) is 9.13. The molecule has 2 N–H and O–H groups in total. The van der Waals surface area contributed by atoms with Gasteiger partial charge in [-0.15, -0.1) is 10.2 Å². The summed E-state index contributed by atoms with van der Waals surface area (Å²) in [5, 5.41) is 23.6. The van der Waals surface area contributed by atoms with E-state index in [-0.39, 0.29) is 5.75 Å². The maximum absolute atomic E-state index is 10.7. The molecule has 0 aliphatic carbocycles. The number of hydrogen-bond acceptors (Lipinski definition) is 7. The first-order valence-electron chi connectivity index (χ1n) is 11.6. The van der Waals surface area contributed by atoms with Gasteiger partial charge in [-0.05, 0) is 44.2 Å². The van der Waals surface area contributed by atoms with E-state index in [2.05, 4.69) is 25.4 Å². The van der Waals surface area contributed by atoms with Crippen LogP contribution in [0, 0.1) is 0 Å². The van der Waals surface area contributed by atoms with Crippen molar-refractivity contribution in [3.05, 3.63) is 43.0 Å². The Bertz CT molecular complexity index is 1090. The molecular formula is C24H28N6O2. The quantitative estimate of drug-likeness (QED) is 0.656. The number of rotatable bonds is 3. The number of aromatic hydroxyl groups is 1. The minimum atomic E-state index is 0.155. The molecule has 32 heavy (non-hydrogen) atoms. The van der Waals surface area contributed by atoms with Gasteiger partial charge in [-0.1, -0.05) is 6.42 Å². The molecule has 3 atom stereocenters. The van der Waals surface area contributed by atoms with Crippen molar-refractivity contribution in [2.24, 2.45) is 0 Å². The third kappa shape index (κ3) is 3.58. The number of nitrogens with zero attached hydrogens (tertiary/aromatic N) is 5. The highest BCUT2D eigenvalue weighted by Gasteiger charge is 2.36. The molecule has 2 aromatic heterocycles. The lowest BCUT2D eigenvalue weighted by atomic mass is 9.83. The Balaban J connectivity index is 1.31. The number of phenolic OH excluding ortho intramolecular Hbond substituents is 1. The van der Waals surface area contributed by atoms with Crippen molar-refractivity contribution in [2.75, 3.05) is 18.1 Å². The van der Waals surface area contributed by atoms with Crippen LogP contribution in [0.25, 0.3) is 16.9 Å². The number of nitrogens with one attached hydrogen (secondary N) is 1. The van der Waals surface area contributed by atoms with E-state index in [1.54, 1.807) is 18.6 Å². The van der Waals surface area contributed by atoms with Gasteiger partial charge in [-0.2, -0.15) is 0 Å². The Labute approximate surface area is 187 Å². The van der Waals surface area contributed by atoms with Crippen molar-refractivity contribution in [2.45, 2.75) is 56.7 Å². The van der Waals surface area contributed by atoms with Crippen molar-refractivity contribution >= 4 is 5.82 Å². The molecule has 1 unspecified atom stereocenters. The van der Waals surface area contributed by atoms with Gasteiger partial charge in [0.2, 0.25) is 0 Å². The van der Waals surface area contributed by atoms with Gasteiger partial charge in [0.25, 0.3) is 0 Å². The molecule has 1 aromatic carbocycles. The second-order valence-corrected chi connectivity index (χ2v) is 9.10. The number of imidazole rings is 1. The minimum absolute atomic E-state index is 0.155. The second kappa shape index (κ2) is 8.09. The fourth-order valence-corrected chi connectivity index (χ4v) is 5.48. The topological polar surface area (TPSA) is 88.3 Å². The molecule has 0 spiro atoms. The average molecular weight is 433 g/mol. The predicted molar refractivity (Wildman–Crippen MR) is 121 cm³/mol. The lowest BCUT2D eigenvalue weighted by Gasteiger charge is -2.44. The Morgan fingerprint density at radius 2 is 1.94 bits per heavy atom. The first kappa shape index (κ1) is 19.5. The normalized spacial score (nSPS) is 25.0. The maximum atomic E-state index is 10.7. The third-order valence-electron chi connectivity index (χ3n) is 7.00. The maximum Gasteiger partial charge on any atom is 0.194 e. The van der Waals surface area contributed by atoms with Crippen molar-refractivity contribution in [1.29, 1.82) is 0 Å². The molecule has 8 nitrogen and oxygen atoms in total. The van der Waals surface area contributed by atoms with Crippen LogP contribution in [0.2, 0.25) is 0 Å². The molecule has 0 amide bonds. The molecule has 5 heterocycles. The summed E-state index contributed by atoms with van der Waals surface area (Å²) >= 11 is 0. The number of aromatic nitrogens is 4. The van der Waals surface area contributed by atoms with E-state index in [1.807, 2.05) is 29.0 Å². The summed E-state index contributed by atoms with van der Waals surface area (Å²) in [6.07, 6.45) is 12.4. The van der Waals surface area contributed by atoms with Crippen molar-refractivity contribution in [1.82, 2.24) is 25.1 Å². The van der Waals surface area contributed by atoms with E-state index in [4.69, 9.17) is 4.74 Å². The van der Waals surface area contributed by atoms with Gasteiger partial charge in [-0.25, -0.2) is 4.98 Å². The van der Waals surface area contributed by atoms with Crippen LogP contribution in [0.3, 0.4) is 0 Å². The zero-order valence-corrected chi connectivity index (χ0v) is 18.0. The number of ether oxygens (including phenoxy) is 1. The molecule has 3 aromatic rings. The van der Waals surface area contributed by atoms with Gasteiger partial charge >= 0.3 is 0 Å². The fourth-order valence-electron chi connectivity index (χ4n) is 5.48. The number of fused-ring (bicyclic) bond motifs is 3. The van der Waals surface area contributed by atoms with E-state index in [0.717, 1.165) is 43.1 Å². The highest BCUT2D eigenvalue weighted by Crippen LogP contribution is 2.38. The van der Waals surface area contributed by atoms with Crippen molar-refractivity contribution < 1.29 is 9.84 Å². The minimum Gasteiger partial charge on any atom is -0.507 e. The van der Waals surface area contributed by atoms with Gasteiger partial charge < -0.3 is 24.6 Å². The number of piperidine rings is 2.